The molecule has 1 rings (SSSR count). The summed E-state index contributed by atoms with van der Waals surface area (Å²) in [6, 6.07) is -4.51. The first-order chi connectivity index (χ1) is 34.5. The monoisotopic (exact) mass is 1050 g/mol. The molecular formula is C54H90N6O14. The van der Waals surface area contributed by atoms with E-state index in [0.717, 1.165) is 0 Å². The molecule has 1 aliphatic rings. The molecule has 0 aromatic rings. The Kier molecular flexibility index (Phi) is 29.1. The Balaban J connectivity index is 3.93. The SMILES string of the molecule is CC/C=C(\C)[C@H]1OC(=O)[C@H](C)N(C)C(=O)[C@@H](C(C)C)NC(=O)CN(C)C(=O)[C@@H](CC(C)C)N(C)C(=O)[C@H](C(C)C)NC(=O)[C@@H]([C@@H](C)CC)OC(=O)/C(C)=C/C[C@H](OC(=O)CCCCCNC(=O)CCC(=O)O)[C@@H]1C. The van der Waals surface area contributed by atoms with Crippen LogP contribution in [-0.2, 0) is 62.2 Å². The molecule has 4 N–H and O–H groups in total. The first kappa shape index (κ1) is 66.2. The van der Waals surface area contributed by atoms with E-state index in [-0.39, 0.29) is 49.5 Å². The highest BCUT2D eigenvalue weighted by Gasteiger charge is 2.40. The number of allylic oxidation sites excluding steroid dienone is 1. The van der Waals surface area contributed by atoms with Crippen LogP contribution in [0, 0.1) is 29.6 Å². The fourth-order valence-electron chi connectivity index (χ4n) is 8.25. The summed E-state index contributed by atoms with van der Waals surface area (Å²) in [6.07, 6.45) is 2.16. The molecule has 1 aliphatic heterocycles. The van der Waals surface area contributed by atoms with Gasteiger partial charge in [0.05, 0.1) is 13.0 Å². The van der Waals surface area contributed by atoms with Gasteiger partial charge in [-0.25, -0.2) is 9.59 Å². The number of nitrogens with one attached hydrogen (secondary N) is 3. The van der Waals surface area contributed by atoms with E-state index in [4.69, 9.17) is 19.3 Å². The van der Waals surface area contributed by atoms with Crippen LogP contribution >= 0.6 is 0 Å². The maximum absolute atomic E-state index is 14.4. The van der Waals surface area contributed by atoms with E-state index in [1.165, 1.54) is 55.8 Å². The van der Waals surface area contributed by atoms with Crippen molar-refractivity contribution in [3.63, 3.8) is 0 Å². The molecule has 20 heteroatoms. The lowest BCUT2D eigenvalue weighted by Gasteiger charge is -2.36. The molecule has 0 bridgehead atoms. The number of esters is 3. The normalized spacial score (nSPS) is 25.5. The van der Waals surface area contributed by atoms with Crippen LogP contribution < -0.4 is 16.0 Å². The molecule has 420 valence electrons. The second-order valence-electron chi connectivity index (χ2n) is 20.9. The van der Waals surface area contributed by atoms with Crippen molar-refractivity contribution >= 4 is 59.3 Å². The van der Waals surface area contributed by atoms with E-state index < -0.39 is 126 Å². The standard InChI is InChI=1S/C54H90N6O14/c1-17-22-35(10)47-37(12)40(72-44(65)23-20-19-21-28-55-41(61)26-27-43(63)64)25-24-36(11)53(70)74-48(34(9)18-2)49(66)57-46(33(7)8)52(69)60(16)39(29-31(3)4)50(67)58(14)30-42(62)56-45(32(5)6)51(68)59(15)38(13)54(71)73-47/h22,24,31-34,37-40,45-48H,17-21,23,25-30H2,1-16H3,(H,55,61)(H,56,62)(H,57,66)(H,63,64)/b35-22+,36-24+/t34-,37-,38-,39+,40-,45+,46-,47+,48+/m0/s1. The number of unbranched alkanes of at least 4 members (excludes halogenated alkanes) is 2. The van der Waals surface area contributed by atoms with E-state index in [2.05, 4.69) is 16.0 Å². The van der Waals surface area contributed by atoms with Crippen LogP contribution in [0.4, 0.5) is 0 Å². The summed E-state index contributed by atoms with van der Waals surface area (Å²) in [5.74, 6) is -9.06. The number of aliphatic carboxylic acids is 1. The Morgan fingerprint density at radius 2 is 1.42 bits per heavy atom. The Bertz CT molecular complexity index is 2000. The molecule has 1 heterocycles. The van der Waals surface area contributed by atoms with E-state index >= 15 is 0 Å². The first-order valence-electron chi connectivity index (χ1n) is 26.3. The van der Waals surface area contributed by atoms with Gasteiger partial charge in [-0.1, -0.05) is 87.8 Å². The number of amides is 6. The molecule has 0 unspecified atom stereocenters. The molecule has 0 saturated heterocycles. The lowest BCUT2D eigenvalue weighted by atomic mass is 9.90. The average molecular weight is 1050 g/mol. The van der Waals surface area contributed by atoms with Crippen molar-refractivity contribution in [2.24, 2.45) is 29.6 Å². The largest absolute Gasteiger partial charge is 0.481 e. The number of rotatable bonds is 18. The maximum atomic E-state index is 14.4. The Morgan fingerprint density at radius 3 is 1.97 bits per heavy atom. The van der Waals surface area contributed by atoms with Crippen molar-refractivity contribution in [1.29, 1.82) is 0 Å². The van der Waals surface area contributed by atoms with Crippen LogP contribution in [0.5, 0.6) is 0 Å². The molecule has 74 heavy (non-hydrogen) atoms. The van der Waals surface area contributed by atoms with Crippen LogP contribution in [0.3, 0.4) is 0 Å². The van der Waals surface area contributed by atoms with Crippen LogP contribution in [0.1, 0.15) is 154 Å². The van der Waals surface area contributed by atoms with Crippen molar-refractivity contribution in [2.45, 2.75) is 197 Å². The Hall–Kier alpha value is -5.82. The number of likely N-dealkylation sites (N-methyl/N-ethyl adjacent to an activating group) is 3. The zero-order chi connectivity index (χ0) is 56.7. The Labute approximate surface area is 439 Å². The number of carboxylic acid groups (broad SMARTS) is 1. The Morgan fingerprint density at radius 1 is 0.824 bits per heavy atom. The molecule has 0 aromatic heterocycles. The molecule has 9 atom stereocenters. The summed E-state index contributed by atoms with van der Waals surface area (Å²) in [6.45, 7) is 22.4. The van der Waals surface area contributed by atoms with Gasteiger partial charge >= 0.3 is 23.9 Å². The minimum absolute atomic E-state index is 0.0149. The highest BCUT2D eigenvalue weighted by molar-refractivity contribution is 5.96. The summed E-state index contributed by atoms with van der Waals surface area (Å²) in [5, 5.41) is 17.0. The van der Waals surface area contributed by atoms with Crippen molar-refractivity contribution < 1.29 is 67.3 Å². The van der Waals surface area contributed by atoms with Crippen molar-refractivity contribution in [2.75, 3.05) is 34.2 Å². The van der Waals surface area contributed by atoms with Gasteiger partial charge in [-0.05, 0) is 76.2 Å². The topological polar surface area (TPSA) is 264 Å². The van der Waals surface area contributed by atoms with Crippen molar-refractivity contribution in [3.05, 3.63) is 23.3 Å². The van der Waals surface area contributed by atoms with E-state index in [1.807, 2.05) is 33.8 Å². The summed E-state index contributed by atoms with van der Waals surface area (Å²) >= 11 is 0. The third kappa shape index (κ3) is 21.6. The second kappa shape index (κ2) is 32.5. The minimum Gasteiger partial charge on any atom is -0.481 e. The number of carbonyl (C=O) groups excluding carboxylic acids is 9. The van der Waals surface area contributed by atoms with Gasteiger partial charge in [-0.15, -0.1) is 0 Å². The summed E-state index contributed by atoms with van der Waals surface area (Å²) < 4.78 is 18.2. The number of hydrogen-bond donors (Lipinski definition) is 4. The van der Waals surface area contributed by atoms with Crippen molar-refractivity contribution in [3.8, 4) is 0 Å². The van der Waals surface area contributed by atoms with Gasteiger partial charge in [-0.3, -0.25) is 38.4 Å². The van der Waals surface area contributed by atoms with Crippen LogP contribution in [0.25, 0.3) is 0 Å². The van der Waals surface area contributed by atoms with E-state index in [1.54, 1.807) is 48.5 Å². The maximum Gasteiger partial charge on any atom is 0.334 e. The van der Waals surface area contributed by atoms with Gasteiger partial charge < -0.3 is 50.0 Å². The third-order valence-corrected chi connectivity index (χ3v) is 13.4. The summed E-state index contributed by atoms with van der Waals surface area (Å²) in [7, 11) is 4.30. The molecule has 20 nitrogen and oxygen atoms in total. The molecule has 0 spiro atoms. The molecule has 0 radical (unpaired) electrons. The molecule has 0 aliphatic carbocycles. The molecule has 0 saturated carbocycles. The van der Waals surface area contributed by atoms with Crippen molar-refractivity contribution in [1.82, 2.24) is 30.7 Å². The lowest BCUT2D eigenvalue weighted by molar-refractivity contribution is -0.164. The quantitative estimate of drug-likeness (QED) is 0.0602. The second-order valence-corrected chi connectivity index (χ2v) is 20.9. The van der Waals surface area contributed by atoms with Gasteiger partial charge in [0.2, 0.25) is 29.5 Å². The number of carbonyl (C=O) groups is 10. The number of ether oxygens (including phenoxy) is 3. The number of hydrogen-bond acceptors (Lipinski definition) is 13. The van der Waals surface area contributed by atoms with Crippen LogP contribution in [-0.4, -0.2) is 156 Å². The van der Waals surface area contributed by atoms with Gasteiger partial charge in [0, 0.05) is 64.4 Å². The smallest absolute Gasteiger partial charge is 0.334 e. The molecule has 6 amide bonds. The van der Waals surface area contributed by atoms with Crippen LogP contribution in [0.15, 0.2) is 23.3 Å². The fourth-order valence-corrected chi connectivity index (χ4v) is 8.25. The van der Waals surface area contributed by atoms with Gasteiger partial charge in [-0.2, -0.15) is 0 Å². The predicted molar refractivity (Wildman–Crippen MR) is 278 cm³/mol. The fraction of sp³-hybridized carbons (Fsp3) is 0.741. The number of carboxylic acids is 1. The van der Waals surface area contributed by atoms with E-state index in [9.17, 15) is 47.9 Å². The molecular weight excluding hydrogens is 957 g/mol. The zero-order valence-corrected chi connectivity index (χ0v) is 47.2. The van der Waals surface area contributed by atoms with Gasteiger partial charge in [0.25, 0.3) is 5.91 Å². The lowest BCUT2D eigenvalue weighted by Crippen LogP contribution is -2.59. The highest BCUT2D eigenvalue weighted by Crippen LogP contribution is 2.28. The number of cyclic esters (lactones) is 2. The minimum atomic E-state index is -1.34. The number of nitrogens with zero attached hydrogens (tertiary/aromatic N) is 3. The molecule has 0 aromatic carbocycles. The van der Waals surface area contributed by atoms with Crippen LogP contribution in [0.2, 0.25) is 0 Å². The highest BCUT2D eigenvalue weighted by atomic mass is 16.6. The third-order valence-electron chi connectivity index (χ3n) is 13.4. The van der Waals surface area contributed by atoms with E-state index in [0.29, 0.717) is 44.2 Å². The average Bonchev–Trinajstić information content (AvgIpc) is 3.33. The summed E-state index contributed by atoms with van der Waals surface area (Å²) in [5.41, 5.74) is 0.708. The zero-order valence-electron chi connectivity index (χ0n) is 47.2. The van der Waals surface area contributed by atoms with Gasteiger partial charge in [0.15, 0.2) is 6.10 Å². The predicted octanol–water partition coefficient (Wildman–Crippen LogP) is 5.11. The summed E-state index contributed by atoms with van der Waals surface area (Å²) in [4.78, 5) is 139. The van der Waals surface area contributed by atoms with Gasteiger partial charge in [0.1, 0.15) is 36.4 Å². The molecule has 0 fully saturated rings. The first-order valence-corrected chi connectivity index (χ1v) is 26.3.